The Labute approximate surface area is 153 Å². The lowest BCUT2D eigenvalue weighted by Crippen LogP contribution is -2.50. The van der Waals surface area contributed by atoms with E-state index in [-0.39, 0.29) is 40.4 Å². The monoisotopic (exact) mass is 387 g/mol. The van der Waals surface area contributed by atoms with Gasteiger partial charge in [0.05, 0.1) is 28.9 Å². The summed E-state index contributed by atoms with van der Waals surface area (Å²) < 4.78 is 10.1. The van der Waals surface area contributed by atoms with Gasteiger partial charge in [-0.1, -0.05) is 23.2 Å². The van der Waals surface area contributed by atoms with Gasteiger partial charge >= 0.3 is 18.0 Å². The number of pyridine rings is 1. The molecule has 10 heteroatoms. The molecule has 2 N–H and O–H groups in total. The first-order valence-corrected chi connectivity index (χ1v) is 8.06. The van der Waals surface area contributed by atoms with Crippen molar-refractivity contribution < 1.29 is 23.9 Å². The van der Waals surface area contributed by atoms with Gasteiger partial charge in [-0.25, -0.2) is 19.4 Å². The van der Waals surface area contributed by atoms with Crippen LogP contribution in [-0.2, 0) is 14.3 Å². The molecule has 1 aromatic heterocycles. The zero-order chi connectivity index (χ0) is 18.6. The van der Waals surface area contributed by atoms with Crippen LogP contribution in [0.25, 0.3) is 0 Å². The molecule has 1 aliphatic heterocycles. The van der Waals surface area contributed by atoms with E-state index >= 15 is 0 Å². The van der Waals surface area contributed by atoms with E-state index in [0.29, 0.717) is 0 Å². The number of halogens is 2. The molecule has 0 fully saturated rings. The molecule has 0 saturated heterocycles. The zero-order valence-corrected chi connectivity index (χ0v) is 14.9. The minimum atomic E-state index is -0.844. The second-order valence-electron chi connectivity index (χ2n) is 4.97. The SMILES string of the molecule is CCOC(=O)C1=C(COC(=O)c2nc(Cl)ccc2Cl)NC(=O)NC1C. The van der Waals surface area contributed by atoms with Crippen molar-refractivity contribution in [2.24, 2.45) is 0 Å². The second kappa shape index (κ2) is 8.17. The van der Waals surface area contributed by atoms with Gasteiger partial charge in [-0.2, -0.15) is 0 Å². The van der Waals surface area contributed by atoms with Gasteiger partial charge in [-0.05, 0) is 26.0 Å². The summed E-state index contributed by atoms with van der Waals surface area (Å²) in [6, 6.07) is 1.71. The minimum Gasteiger partial charge on any atom is -0.463 e. The number of hydrogen-bond acceptors (Lipinski definition) is 6. The molecule has 0 aromatic carbocycles. The molecule has 0 spiro atoms. The van der Waals surface area contributed by atoms with E-state index in [0.717, 1.165) is 0 Å². The molecule has 1 aliphatic rings. The van der Waals surface area contributed by atoms with Gasteiger partial charge in [0.15, 0.2) is 5.69 Å². The summed E-state index contributed by atoms with van der Waals surface area (Å²) in [6.45, 7) is 3.07. The summed E-state index contributed by atoms with van der Waals surface area (Å²) in [5.74, 6) is -1.46. The minimum absolute atomic E-state index is 0.0664. The lowest BCUT2D eigenvalue weighted by atomic mass is 10.0. The number of rotatable bonds is 5. The summed E-state index contributed by atoms with van der Waals surface area (Å²) in [5, 5.41) is 5.12. The highest BCUT2D eigenvalue weighted by molar-refractivity contribution is 6.34. The van der Waals surface area contributed by atoms with Crippen LogP contribution in [0.15, 0.2) is 23.4 Å². The Morgan fingerprint density at radius 1 is 1.24 bits per heavy atom. The van der Waals surface area contributed by atoms with E-state index < -0.39 is 24.0 Å². The van der Waals surface area contributed by atoms with Crippen molar-refractivity contribution in [2.75, 3.05) is 13.2 Å². The predicted molar refractivity (Wildman–Crippen MR) is 89.3 cm³/mol. The van der Waals surface area contributed by atoms with E-state index in [4.69, 9.17) is 32.7 Å². The summed E-state index contributed by atoms with van der Waals surface area (Å²) in [7, 11) is 0. The average Bonchev–Trinajstić information content (AvgIpc) is 2.54. The fourth-order valence-electron chi connectivity index (χ4n) is 2.16. The molecule has 8 nitrogen and oxygen atoms in total. The first-order valence-electron chi connectivity index (χ1n) is 7.30. The normalized spacial score (nSPS) is 16.8. The number of carbonyl (C=O) groups is 3. The lowest BCUT2D eigenvalue weighted by molar-refractivity contribution is -0.139. The largest absolute Gasteiger partial charge is 0.463 e. The third-order valence-corrected chi connectivity index (χ3v) is 3.73. The maximum Gasteiger partial charge on any atom is 0.358 e. The third kappa shape index (κ3) is 4.61. The number of nitrogens with zero attached hydrogens (tertiary/aromatic N) is 1. The van der Waals surface area contributed by atoms with Gasteiger partial charge < -0.3 is 20.1 Å². The van der Waals surface area contributed by atoms with Crippen LogP contribution in [0.5, 0.6) is 0 Å². The van der Waals surface area contributed by atoms with E-state index in [1.54, 1.807) is 13.8 Å². The molecule has 134 valence electrons. The van der Waals surface area contributed by atoms with Crippen molar-refractivity contribution in [1.82, 2.24) is 15.6 Å². The number of amides is 2. The maximum absolute atomic E-state index is 12.1. The van der Waals surface area contributed by atoms with Crippen molar-refractivity contribution in [3.63, 3.8) is 0 Å². The number of urea groups is 1. The highest BCUT2D eigenvalue weighted by Gasteiger charge is 2.30. The number of nitrogens with one attached hydrogen (secondary N) is 2. The van der Waals surface area contributed by atoms with Crippen LogP contribution in [-0.4, -0.2) is 42.2 Å². The number of hydrogen-bond donors (Lipinski definition) is 2. The van der Waals surface area contributed by atoms with Gasteiger partial charge in [-0.3, -0.25) is 0 Å². The molecular formula is C15H15Cl2N3O5. The van der Waals surface area contributed by atoms with Gasteiger partial charge in [-0.15, -0.1) is 0 Å². The van der Waals surface area contributed by atoms with E-state index in [1.807, 2.05) is 0 Å². The summed E-state index contributed by atoms with van der Waals surface area (Å²) in [6.07, 6.45) is 0. The van der Waals surface area contributed by atoms with Crippen molar-refractivity contribution in [3.05, 3.63) is 39.3 Å². The summed E-state index contributed by atoms with van der Waals surface area (Å²) >= 11 is 11.6. The van der Waals surface area contributed by atoms with Crippen LogP contribution in [0.3, 0.4) is 0 Å². The Balaban J connectivity index is 2.21. The Morgan fingerprint density at radius 3 is 2.64 bits per heavy atom. The second-order valence-corrected chi connectivity index (χ2v) is 5.77. The lowest BCUT2D eigenvalue weighted by Gasteiger charge is -2.26. The van der Waals surface area contributed by atoms with E-state index in [1.165, 1.54) is 12.1 Å². The third-order valence-electron chi connectivity index (χ3n) is 3.22. The van der Waals surface area contributed by atoms with Crippen LogP contribution in [0.2, 0.25) is 10.2 Å². The molecule has 25 heavy (non-hydrogen) atoms. The first kappa shape index (κ1) is 19.0. The van der Waals surface area contributed by atoms with Gasteiger partial charge in [0.2, 0.25) is 0 Å². The number of carbonyl (C=O) groups excluding carboxylic acids is 3. The van der Waals surface area contributed by atoms with Crippen LogP contribution >= 0.6 is 23.2 Å². The predicted octanol–water partition coefficient (Wildman–Crippen LogP) is 2.06. The Bertz CT molecular complexity index is 751. The molecule has 0 saturated carbocycles. The number of esters is 2. The van der Waals surface area contributed by atoms with E-state index in [2.05, 4.69) is 15.6 Å². The fourth-order valence-corrected chi connectivity index (χ4v) is 2.49. The summed E-state index contributed by atoms with van der Waals surface area (Å²) in [5.41, 5.74) is 0.126. The number of aromatic nitrogens is 1. The van der Waals surface area contributed by atoms with Gasteiger partial charge in [0.1, 0.15) is 11.8 Å². The van der Waals surface area contributed by atoms with Crippen LogP contribution in [0, 0.1) is 0 Å². The molecule has 0 radical (unpaired) electrons. The molecule has 1 unspecified atom stereocenters. The fraction of sp³-hybridized carbons (Fsp3) is 0.333. The Hall–Kier alpha value is -2.32. The zero-order valence-electron chi connectivity index (χ0n) is 13.4. The van der Waals surface area contributed by atoms with Gasteiger partial charge in [0, 0.05) is 0 Å². The molecule has 2 heterocycles. The molecule has 1 atom stereocenters. The topological polar surface area (TPSA) is 107 Å². The van der Waals surface area contributed by atoms with Crippen molar-refractivity contribution in [2.45, 2.75) is 19.9 Å². The average molecular weight is 388 g/mol. The van der Waals surface area contributed by atoms with E-state index in [9.17, 15) is 14.4 Å². The quantitative estimate of drug-likeness (QED) is 0.591. The summed E-state index contributed by atoms with van der Waals surface area (Å²) in [4.78, 5) is 39.6. The Kier molecular flexibility index (Phi) is 6.22. The molecule has 0 bridgehead atoms. The van der Waals surface area contributed by atoms with Crippen LogP contribution < -0.4 is 10.6 Å². The first-order chi connectivity index (χ1) is 11.8. The van der Waals surface area contributed by atoms with Crippen LogP contribution in [0.4, 0.5) is 4.79 Å². The van der Waals surface area contributed by atoms with Crippen molar-refractivity contribution in [3.8, 4) is 0 Å². The number of ether oxygens (including phenoxy) is 2. The maximum atomic E-state index is 12.1. The highest BCUT2D eigenvalue weighted by Crippen LogP contribution is 2.19. The standard InChI is InChI=1S/C15H15Cl2N3O5/c1-3-24-13(21)11-7(2)18-15(23)19-9(11)6-25-14(22)12-8(16)4-5-10(17)20-12/h4-5,7H,3,6H2,1-2H3,(H2,18,19,23). The van der Waals surface area contributed by atoms with Crippen molar-refractivity contribution >= 4 is 41.2 Å². The van der Waals surface area contributed by atoms with Gasteiger partial charge in [0.25, 0.3) is 0 Å². The highest BCUT2D eigenvalue weighted by atomic mass is 35.5. The molecule has 2 amide bonds. The Morgan fingerprint density at radius 2 is 1.96 bits per heavy atom. The molecule has 1 aromatic rings. The molecule has 0 aliphatic carbocycles. The van der Waals surface area contributed by atoms with Crippen molar-refractivity contribution in [1.29, 1.82) is 0 Å². The smallest absolute Gasteiger partial charge is 0.358 e. The molecular weight excluding hydrogens is 373 g/mol. The molecule has 2 rings (SSSR count). The van der Waals surface area contributed by atoms with Crippen LogP contribution in [0.1, 0.15) is 24.3 Å².